The molecule has 20 heavy (non-hydrogen) atoms. The number of aromatic nitrogens is 2. The van der Waals surface area contributed by atoms with E-state index < -0.39 is 0 Å². The van der Waals surface area contributed by atoms with E-state index in [4.69, 9.17) is 5.73 Å². The molecule has 2 aromatic heterocycles. The number of hydrogen-bond acceptors (Lipinski definition) is 4. The van der Waals surface area contributed by atoms with Crippen molar-refractivity contribution in [3.05, 3.63) is 40.6 Å². The number of carbonyl (C=O) groups is 1. The molecule has 2 heterocycles. The van der Waals surface area contributed by atoms with Gasteiger partial charge in [0.2, 0.25) is 0 Å². The molecule has 3 N–H and O–H groups in total. The second-order valence-corrected chi connectivity index (χ2v) is 5.25. The molecule has 2 rings (SSSR count). The van der Waals surface area contributed by atoms with E-state index in [1.807, 2.05) is 17.7 Å². The molecule has 0 saturated carbocycles. The van der Waals surface area contributed by atoms with Crippen LogP contribution in [0.15, 0.2) is 30.2 Å². The third kappa shape index (κ3) is 3.95. The normalized spacial score (nSPS) is 11.5. The van der Waals surface area contributed by atoms with Crippen molar-refractivity contribution < 1.29 is 4.79 Å². The zero-order valence-electron chi connectivity index (χ0n) is 11.2. The van der Waals surface area contributed by atoms with E-state index in [-0.39, 0.29) is 11.9 Å². The predicted molar refractivity (Wildman–Crippen MR) is 79.4 cm³/mol. The van der Waals surface area contributed by atoms with Crippen molar-refractivity contribution in [3.63, 3.8) is 0 Å². The van der Waals surface area contributed by atoms with Crippen LogP contribution in [0.25, 0.3) is 0 Å². The van der Waals surface area contributed by atoms with Crippen LogP contribution in [0, 0.1) is 11.8 Å². The number of amides is 1. The summed E-state index contributed by atoms with van der Waals surface area (Å²) >= 11 is 1.45. The second-order valence-electron chi connectivity index (χ2n) is 4.34. The van der Waals surface area contributed by atoms with Crippen LogP contribution in [0.1, 0.15) is 22.2 Å². The van der Waals surface area contributed by atoms with E-state index >= 15 is 0 Å². The van der Waals surface area contributed by atoms with Crippen LogP contribution in [0.5, 0.6) is 0 Å². The molecule has 0 aromatic carbocycles. The Bertz CT molecular complexity index is 621. The summed E-state index contributed by atoms with van der Waals surface area (Å²) in [7, 11) is 0. The summed E-state index contributed by atoms with van der Waals surface area (Å²) in [6.07, 6.45) is 5.32. The number of hydrogen-bond donors (Lipinski definition) is 2. The van der Waals surface area contributed by atoms with Crippen molar-refractivity contribution >= 4 is 17.2 Å². The van der Waals surface area contributed by atoms with Crippen LogP contribution < -0.4 is 11.1 Å². The minimum Gasteiger partial charge on any atom is -0.348 e. The Morgan fingerprint density at radius 1 is 1.65 bits per heavy atom. The monoisotopic (exact) mass is 288 g/mol. The molecule has 5 nitrogen and oxygen atoms in total. The number of rotatable bonds is 4. The van der Waals surface area contributed by atoms with Crippen molar-refractivity contribution in [1.82, 2.24) is 14.9 Å². The van der Waals surface area contributed by atoms with Gasteiger partial charge in [-0.25, -0.2) is 4.98 Å². The lowest BCUT2D eigenvalue weighted by Crippen LogP contribution is -2.35. The topological polar surface area (TPSA) is 72.9 Å². The maximum atomic E-state index is 12.1. The summed E-state index contributed by atoms with van der Waals surface area (Å²) in [6.45, 7) is 2.97. The van der Waals surface area contributed by atoms with Gasteiger partial charge in [0.1, 0.15) is 0 Å². The lowest BCUT2D eigenvalue weighted by molar-refractivity contribution is 0.0937. The Morgan fingerprint density at radius 3 is 3.20 bits per heavy atom. The predicted octanol–water partition coefficient (Wildman–Crippen LogP) is 1.07. The van der Waals surface area contributed by atoms with E-state index in [0.29, 0.717) is 18.7 Å². The lowest BCUT2D eigenvalue weighted by Gasteiger charge is -2.13. The van der Waals surface area contributed by atoms with Gasteiger partial charge in [0.05, 0.1) is 23.3 Å². The van der Waals surface area contributed by atoms with Gasteiger partial charge in [-0.15, -0.1) is 11.3 Å². The van der Waals surface area contributed by atoms with E-state index in [1.54, 1.807) is 24.0 Å². The molecule has 0 aliphatic heterocycles. The standard InChI is InChI=1S/C14H16N4OS/c1-11(8-18-6-5-16-10-18)17-14(19)12-7-13(20-9-12)3-2-4-15/h5-7,9-11H,4,8,15H2,1H3,(H,17,19). The van der Waals surface area contributed by atoms with Gasteiger partial charge in [-0.3, -0.25) is 4.79 Å². The van der Waals surface area contributed by atoms with Gasteiger partial charge in [-0.1, -0.05) is 11.8 Å². The van der Waals surface area contributed by atoms with E-state index in [2.05, 4.69) is 22.1 Å². The Balaban J connectivity index is 1.92. The first kappa shape index (κ1) is 14.3. The highest BCUT2D eigenvalue weighted by Crippen LogP contribution is 2.13. The molecule has 1 atom stereocenters. The zero-order valence-corrected chi connectivity index (χ0v) is 12.0. The largest absolute Gasteiger partial charge is 0.348 e. The molecule has 0 spiro atoms. The van der Waals surface area contributed by atoms with Crippen LogP contribution in [0.2, 0.25) is 0 Å². The maximum absolute atomic E-state index is 12.1. The molecule has 0 saturated heterocycles. The summed E-state index contributed by atoms with van der Waals surface area (Å²) in [4.78, 5) is 16.9. The Hall–Kier alpha value is -2.10. The van der Waals surface area contributed by atoms with Gasteiger partial charge in [0.25, 0.3) is 5.91 Å². The van der Waals surface area contributed by atoms with Crippen molar-refractivity contribution in [3.8, 4) is 11.8 Å². The van der Waals surface area contributed by atoms with Gasteiger partial charge in [0, 0.05) is 30.4 Å². The van der Waals surface area contributed by atoms with Gasteiger partial charge in [0.15, 0.2) is 0 Å². The molecule has 0 aliphatic carbocycles. The van der Waals surface area contributed by atoms with E-state index in [1.165, 1.54) is 11.3 Å². The first-order valence-corrected chi connectivity index (χ1v) is 7.11. The molecule has 1 unspecified atom stereocenters. The molecular weight excluding hydrogens is 272 g/mol. The van der Waals surface area contributed by atoms with E-state index in [0.717, 1.165) is 4.88 Å². The number of nitrogens with two attached hydrogens (primary N) is 1. The highest BCUT2D eigenvalue weighted by Gasteiger charge is 2.11. The van der Waals surface area contributed by atoms with Crippen LogP contribution in [0.3, 0.4) is 0 Å². The Morgan fingerprint density at radius 2 is 2.50 bits per heavy atom. The van der Waals surface area contributed by atoms with Gasteiger partial charge < -0.3 is 15.6 Å². The minimum atomic E-state index is -0.0883. The molecule has 0 radical (unpaired) electrons. The summed E-state index contributed by atoms with van der Waals surface area (Å²) in [5, 5.41) is 4.76. The van der Waals surface area contributed by atoms with Crippen LogP contribution >= 0.6 is 11.3 Å². The van der Waals surface area contributed by atoms with Crippen molar-refractivity contribution in [1.29, 1.82) is 0 Å². The number of nitrogens with zero attached hydrogens (tertiary/aromatic N) is 2. The zero-order chi connectivity index (χ0) is 14.4. The quantitative estimate of drug-likeness (QED) is 0.827. The third-order valence-electron chi connectivity index (χ3n) is 2.60. The molecule has 0 aliphatic rings. The molecule has 0 bridgehead atoms. The Kier molecular flexibility index (Phi) is 4.93. The average molecular weight is 288 g/mol. The highest BCUT2D eigenvalue weighted by atomic mass is 32.1. The number of thiophene rings is 1. The highest BCUT2D eigenvalue weighted by molar-refractivity contribution is 7.10. The SMILES string of the molecule is CC(Cn1ccnc1)NC(=O)c1csc(C#CCN)c1. The number of imidazole rings is 1. The Labute approximate surface area is 121 Å². The fourth-order valence-electron chi connectivity index (χ4n) is 1.72. The lowest BCUT2D eigenvalue weighted by atomic mass is 10.2. The van der Waals surface area contributed by atoms with Crippen molar-refractivity contribution in [2.24, 2.45) is 5.73 Å². The summed E-state index contributed by atoms with van der Waals surface area (Å²) in [5.74, 6) is 5.61. The molecule has 1 amide bonds. The van der Waals surface area contributed by atoms with Crippen molar-refractivity contribution in [2.75, 3.05) is 6.54 Å². The van der Waals surface area contributed by atoms with Crippen molar-refractivity contribution in [2.45, 2.75) is 19.5 Å². The van der Waals surface area contributed by atoms with Crippen LogP contribution in [0.4, 0.5) is 0 Å². The minimum absolute atomic E-state index is 0.0233. The smallest absolute Gasteiger partial charge is 0.252 e. The molecule has 2 aromatic rings. The van der Waals surface area contributed by atoms with Gasteiger partial charge >= 0.3 is 0 Å². The van der Waals surface area contributed by atoms with Gasteiger partial charge in [-0.2, -0.15) is 0 Å². The molecule has 0 fully saturated rings. The van der Waals surface area contributed by atoms with Crippen LogP contribution in [-0.2, 0) is 6.54 Å². The average Bonchev–Trinajstić information content (AvgIpc) is 3.07. The fourth-order valence-corrected chi connectivity index (χ4v) is 2.48. The van der Waals surface area contributed by atoms with Crippen LogP contribution in [-0.4, -0.2) is 28.0 Å². The first-order valence-electron chi connectivity index (χ1n) is 6.23. The summed E-state index contributed by atoms with van der Waals surface area (Å²) in [5.41, 5.74) is 5.95. The van der Waals surface area contributed by atoms with E-state index in [9.17, 15) is 4.79 Å². The molecular formula is C14H16N4OS. The maximum Gasteiger partial charge on any atom is 0.252 e. The number of carbonyl (C=O) groups excluding carboxylic acids is 1. The third-order valence-corrected chi connectivity index (χ3v) is 3.44. The number of nitrogens with one attached hydrogen (secondary N) is 1. The van der Waals surface area contributed by atoms with Gasteiger partial charge in [-0.05, 0) is 13.0 Å². The summed E-state index contributed by atoms with van der Waals surface area (Å²) < 4.78 is 1.93. The summed E-state index contributed by atoms with van der Waals surface area (Å²) in [6, 6.07) is 1.81. The first-order chi connectivity index (χ1) is 9.69. The molecule has 6 heteroatoms. The second kappa shape index (κ2) is 6.89. The molecule has 104 valence electrons. The fraction of sp³-hybridized carbons (Fsp3) is 0.286.